The van der Waals surface area contributed by atoms with E-state index >= 15 is 0 Å². The fraction of sp³-hybridized carbons (Fsp3) is 0.579. The molecule has 1 aliphatic carbocycles. The maximum atomic E-state index is 13.3. The number of hydrogen-bond donors (Lipinski definition) is 0. The van der Waals surface area contributed by atoms with E-state index in [0.717, 1.165) is 25.7 Å². The van der Waals surface area contributed by atoms with E-state index in [2.05, 4.69) is 0 Å². The van der Waals surface area contributed by atoms with E-state index in [1.807, 2.05) is 4.90 Å². The van der Waals surface area contributed by atoms with Gasteiger partial charge in [0.2, 0.25) is 11.8 Å². The van der Waals surface area contributed by atoms with Crippen LogP contribution in [0, 0.1) is 17.2 Å². The number of nitrogens with zero attached hydrogens (tertiary/aromatic N) is 2. The third-order valence-corrected chi connectivity index (χ3v) is 5.63. The number of benzene rings is 1. The largest absolute Gasteiger partial charge is 0.349 e. The summed E-state index contributed by atoms with van der Waals surface area (Å²) in [5.74, 6) is -0.0718. The van der Waals surface area contributed by atoms with E-state index in [0.29, 0.717) is 18.7 Å². The predicted octanol–water partition coefficient (Wildman–Crippen LogP) is 2.48. The van der Waals surface area contributed by atoms with Gasteiger partial charge < -0.3 is 9.80 Å². The second-order valence-corrected chi connectivity index (χ2v) is 7.41. The summed E-state index contributed by atoms with van der Waals surface area (Å²) in [6.45, 7) is 1.36. The Labute approximate surface area is 142 Å². The molecule has 0 radical (unpaired) electrons. The molecule has 3 rings (SSSR count). The standard InChI is InChI=1S/C19H25FN2O2/c1-21(2)18(24)16-7-4-8-19(16)9-10-22(13-19)17(23)12-14-5-3-6-15(20)11-14/h3,5-6,11,16H,4,7-10,12-13H2,1-2H3. The van der Waals surface area contributed by atoms with E-state index in [4.69, 9.17) is 0 Å². The molecule has 1 heterocycles. The first-order valence-electron chi connectivity index (χ1n) is 8.65. The third kappa shape index (κ3) is 3.17. The van der Waals surface area contributed by atoms with Crippen LogP contribution in [0.1, 0.15) is 31.2 Å². The van der Waals surface area contributed by atoms with Crippen LogP contribution in [0.3, 0.4) is 0 Å². The summed E-state index contributed by atoms with van der Waals surface area (Å²) in [4.78, 5) is 28.6. The smallest absolute Gasteiger partial charge is 0.227 e. The molecule has 1 saturated heterocycles. The van der Waals surface area contributed by atoms with Gasteiger partial charge in [0.05, 0.1) is 6.42 Å². The summed E-state index contributed by atoms with van der Waals surface area (Å²) in [5, 5.41) is 0. The quantitative estimate of drug-likeness (QED) is 0.853. The van der Waals surface area contributed by atoms with Gasteiger partial charge in [0.15, 0.2) is 0 Å². The fourth-order valence-corrected chi connectivity index (χ4v) is 4.37. The van der Waals surface area contributed by atoms with Crippen molar-refractivity contribution < 1.29 is 14.0 Å². The van der Waals surface area contributed by atoms with E-state index in [1.54, 1.807) is 31.1 Å². The first kappa shape index (κ1) is 16.9. The Morgan fingerprint density at radius 2 is 2.12 bits per heavy atom. The highest BCUT2D eigenvalue weighted by Gasteiger charge is 2.51. The molecule has 2 atom stereocenters. The second-order valence-electron chi connectivity index (χ2n) is 7.41. The lowest BCUT2D eigenvalue weighted by Crippen LogP contribution is -2.41. The minimum absolute atomic E-state index is 0.0273. The van der Waals surface area contributed by atoms with Crippen LogP contribution in [0.4, 0.5) is 4.39 Å². The van der Waals surface area contributed by atoms with Crippen molar-refractivity contribution in [2.24, 2.45) is 11.3 Å². The van der Waals surface area contributed by atoms with Crippen LogP contribution in [0.25, 0.3) is 0 Å². The zero-order valence-corrected chi connectivity index (χ0v) is 14.4. The Morgan fingerprint density at radius 1 is 1.33 bits per heavy atom. The lowest BCUT2D eigenvalue weighted by molar-refractivity contribution is -0.137. The third-order valence-electron chi connectivity index (χ3n) is 5.63. The summed E-state index contributed by atoms with van der Waals surface area (Å²) in [6, 6.07) is 6.21. The second kappa shape index (κ2) is 6.54. The molecule has 1 aromatic carbocycles. The van der Waals surface area contributed by atoms with Crippen LogP contribution in [0.5, 0.6) is 0 Å². The molecule has 5 heteroatoms. The molecule has 0 aromatic heterocycles. The van der Waals surface area contributed by atoms with Gasteiger partial charge in [-0.15, -0.1) is 0 Å². The molecule has 2 fully saturated rings. The number of hydrogen-bond acceptors (Lipinski definition) is 2. The highest BCUT2D eigenvalue weighted by molar-refractivity contribution is 5.81. The molecule has 4 nitrogen and oxygen atoms in total. The van der Waals surface area contributed by atoms with Crippen molar-refractivity contribution >= 4 is 11.8 Å². The topological polar surface area (TPSA) is 40.6 Å². The van der Waals surface area contributed by atoms with Crippen molar-refractivity contribution in [3.05, 3.63) is 35.6 Å². The lowest BCUT2D eigenvalue weighted by atomic mass is 9.76. The minimum atomic E-state index is -0.314. The molecule has 24 heavy (non-hydrogen) atoms. The number of carbonyl (C=O) groups is 2. The first-order valence-corrected chi connectivity index (χ1v) is 8.65. The van der Waals surface area contributed by atoms with Crippen molar-refractivity contribution in [3.63, 3.8) is 0 Å². The van der Waals surface area contributed by atoms with Gasteiger partial charge in [0.1, 0.15) is 5.82 Å². The molecule has 1 spiro atoms. The number of rotatable bonds is 3. The molecule has 0 N–H and O–H groups in total. The Bertz CT molecular complexity index is 646. The van der Waals surface area contributed by atoms with Crippen LogP contribution in [-0.2, 0) is 16.0 Å². The van der Waals surface area contributed by atoms with Gasteiger partial charge in [0, 0.05) is 38.5 Å². The Balaban J connectivity index is 1.68. The molecule has 1 saturated carbocycles. The highest BCUT2D eigenvalue weighted by atomic mass is 19.1. The molecule has 2 amide bonds. The fourth-order valence-electron chi connectivity index (χ4n) is 4.37. The van der Waals surface area contributed by atoms with Crippen molar-refractivity contribution in [1.29, 1.82) is 0 Å². The maximum Gasteiger partial charge on any atom is 0.227 e. The monoisotopic (exact) mass is 332 g/mol. The van der Waals surface area contributed by atoms with Crippen LogP contribution in [0.15, 0.2) is 24.3 Å². The molecule has 1 aliphatic heterocycles. The van der Waals surface area contributed by atoms with Crippen LogP contribution < -0.4 is 0 Å². The first-order chi connectivity index (χ1) is 11.4. The summed E-state index contributed by atoms with van der Waals surface area (Å²) < 4.78 is 13.3. The Kier molecular flexibility index (Phi) is 4.61. The predicted molar refractivity (Wildman–Crippen MR) is 89.8 cm³/mol. The average Bonchev–Trinajstić information content (AvgIpc) is 3.14. The van der Waals surface area contributed by atoms with Crippen molar-refractivity contribution in [1.82, 2.24) is 9.80 Å². The van der Waals surface area contributed by atoms with E-state index in [9.17, 15) is 14.0 Å². The Morgan fingerprint density at radius 3 is 2.83 bits per heavy atom. The summed E-state index contributed by atoms with van der Waals surface area (Å²) >= 11 is 0. The molecule has 130 valence electrons. The number of carbonyl (C=O) groups excluding carboxylic acids is 2. The SMILES string of the molecule is CN(C)C(=O)C1CCCC12CCN(C(=O)Cc1cccc(F)c1)C2. The van der Waals surface area contributed by atoms with Gasteiger partial charge in [-0.05, 0) is 37.0 Å². The molecule has 2 unspecified atom stereocenters. The number of amides is 2. The van der Waals surface area contributed by atoms with E-state index < -0.39 is 0 Å². The van der Waals surface area contributed by atoms with E-state index in [1.165, 1.54) is 12.1 Å². The van der Waals surface area contributed by atoms with Gasteiger partial charge >= 0.3 is 0 Å². The van der Waals surface area contributed by atoms with E-state index in [-0.39, 0.29) is 35.4 Å². The van der Waals surface area contributed by atoms with Gasteiger partial charge in [-0.25, -0.2) is 4.39 Å². The highest BCUT2D eigenvalue weighted by Crippen LogP contribution is 2.50. The van der Waals surface area contributed by atoms with Gasteiger partial charge in [-0.2, -0.15) is 0 Å². The lowest BCUT2D eigenvalue weighted by Gasteiger charge is -2.32. The molecular formula is C19H25FN2O2. The summed E-state index contributed by atoms with van der Waals surface area (Å²) in [7, 11) is 3.60. The van der Waals surface area contributed by atoms with Crippen LogP contribution in [0.2, 0.25) is 0 Å². The van der Waals surface area contributed by atoms with Crippen molar-refractivity contribution in [2.45, 2.75) is 32.1 Å². The molecular weight excluding hydrogens is 307 g/mol. The molecule has 1 aromatic rings. The molecule has 0 bridgehead atoms. The number of halogens is 1. The van der Waals surface area contributed by atoms with Crippen LogP contribution >= 0.6 is 0 Å². The van der Waals surface area contributed by atoms with Crippen molar-refractivity contribution in [2.75, 3.05) is 27.2 Å². The van der Waals surface area contributed by atoms with Gasteiger partial charge in [-0.3, -0.25) is 9.59 Å². The zero-order chi connectivity index (χ0) is 17.3. The average molecular weight is 332 g/mol. The van der Waals surface area contributed by atoms with Crippen molar-refractivity contribution in [3.8, 4) is 0 Å². The van der Waals surface area contributed by atoms with Gasteiger partial charge in [0.25, 0.3) is 0 Å². The summed E-state index contributed by atoms with van der Waals surface area (Å²) in [5.41, 5.74) is 0.646. The summed E-state index contributed by atoms with van der Waals surface area (Å²) in [6.07, 6.45) is 4.10. The molecule has 2 aliphatic rings. The zero-order valence-electron chi connectivity index (χ0n) is 14.4. The van der Waals surface area contributed by atoms with Gasteiger partial charge in [-0.1, -0.05) is 18.6 Å². The minimum Gasteiger partial charge on any atom is -0.349 e. The normalized spacial score (nSPS) is 26.1. The number of likely N-dealkylation sites (tertiary alicyclic amines) is 1. The maximum absolute atomic E-state index is 13.3. The Hall–Kier alpha value is -1.91. The van der Waals surface area contributed by atoms with Crippen LogP contribution in [-0.4, -0.2) is 48.8 Å².